The zero-order valence-electron chi connectivity index (χ0n) is 7.56. The maximum absolute atomic E-state index is 12.3. The Morgan fingerprint density at radius 3 is 2.64 bits per heavy atom. The molecule has 0 N–H and O–H groups in total. The minimum absolute atomic E-state index is 0.120. The molecule has 1 aromatic carbocycles. The molecule has 14 heavy (non-hydrogen) atoms. The van der Waals surface area contributed by atoms with E-state index in [0.29, 0.717) is 16.5 Å². The molecule has 76 valence electrons. The van der Waals surface area contributed by atoms with Crippen LogP contribution < -0.4 is 0 Å². The SMILES string of the molecule is CCC(=O)c1cc(C(F)F)ccc1Br. The molecule has 0 aromatic heterocycles. The summed E-state index contributed by atoms with van der Waals surface area (Å²) in [5.74, 6) is -0.139. The van der Waals surface area contributed by atoms with Crippen molar-refractivity contribution in [1.29, 1.82) is 0 Å². The van der Waals surface area contributed by atoms with Crippen molar-refractivity contribution < 1.29 is 13.6 Å². The summed E-state index contributed by atoms with van der Waals surface area (Å²) in [7, 11) is 0. The lowest BCUT2D eigenvalue weighted by Gasteiger charge is -2.05. The Morgan fingerprint density at radius 2 is 2.14 bits per heavy atom. The normalized spacial score (nSPS) is 10.6. The van der Waals surface area contributed by atoms with Gasteiger partial charge in [-0.15, -0.1) is 0 Å². The molecule has 0 aliphatic rings. The topological polar surface area (TPSA) is 17.1 Å². The van der Waals surface area contributed by atoms with Crippen LogP contribution in [-0.4, -0.2) is 5.78 Å². The molecule has 4 heteroatoms. The van der Waals surface area contributed by atoms with E-state index in [1.54, 1.807) is 6.92 Å². The van der Waals surface area contributed by atoms with Gasteiger partial charge in [-0.2, -0.15) is 0 Å². The van der Waals surface area contributed by atoms with Crippen LogP contribution in [-0.2, 0) is 0 Å². The fraction of sp³-hybridized carbons (Fsp3) is 0.300. The van der Waals surface area contributed by atoms with Gasteiger partial charge in [0.25, 0.3) is 6.43 Å². The highest BCUT2D eigenvalue weighted by Gasteiger charge is 2.13. The number of alkyl halides is 2. The van der Waals surface area contributed by atoms with Gasteiger partial charge in [0.05, 0.1) is 0 Å². The standard InChI is InChI=1S/C10H9BrF2O/c1-2-9(14)7-5-6(10(12)13)3-4-8(7)11/h3-5,10H,2H2,1H3. The molecule has 1 aromatic rings. The lowest BCUT2D eigenvalue weighted by Crippen LogP contribution is -1.99. The van der Waals surface area contributed by atoms with Gasteiger partial charge in [0.1, 0.15) is 0 Å². The summed E-state index contributed by atoms with van der Waals surface area (Å²) in [5.41, 5.74) is 0.204. The predicted octanol–water partition coefficient (Wildman–Crippen LogP) is 3.98. The molecular weight excluding hydrogens is 254 g/mol. The average Bonchev–Trinajstić information content (AvgIpc) is 2.17. The zero-order chi connectivity index (χ0) is 10.7. The molecule has 0 fully saturated rings. The van der Waals surface area contributed by atoms with E-state index in [1.807, 2.05) is 0 Å². The Balaban J connectivity index is 3.15. The number of carbonyl (C=O) groups is 1. The first-order valence-corrected chi connectivity index (χ1v) is 4.96. The van der Waals surface area contributed by atoms with Crippen LogP contribution >= 0.6 is 15.9 Å². The first-order chi connectivity index (χ1) is 6.56. The third-order valence-corrected chi connectivity index (χ3v) is 2.56. The van der Waals surface area contributed by atoms with Gasteiger partial charge in [-0.3, -0.25) is 4.79 Å². The summed E-state index contributed by atoms with van der Waals surface area (Å²) in [6.45, 7) is 1.70. The molecule has 0 aliphatic heterocycles. The maximum Gasteiger partial charge on any atom is 0.263 e. The summed E-state index contributed by atoms with van der Waals surface area (Å²) < 4.78 is 25.2. The second-order valence-electron chi connectivity index (χ2n) is 2.82. The molecular formula is C10H9BrF2O. The average molecular weight is 263 g/mol. The summed E-state index contributed by atoms with van der Waals surface area (Å²) in [5, 5.41) is 0. The van der Waals surface area contributed by atoms with E-state index < -0.39 is 6.43 Å². The van der Waals surface area contributed by atoms with Crippen LogP contribution in [0.15, 0.2) is 22.7 Å². The van der Waals surface area contributed by atoms with Crippen LogP contribution in [0.1, 0.15) is 35.7 Å². The summed E-state index contributed by atoms with van der Waals surface area (Å²) in [4.78, 5) is 11.3. The van der Waals surface area contributed by atoms with Crippen molar-refractivity contribution in [1.82, 2.24) is 0 Å². The number of benzene rings is 1. The van der Waals surface area contributed by atoms with Gasteiger partial charge in [-0.05, 0) is 12.1 Å². The number of rotatable bonds is 3. The Labute approximate surface area is 89.3 Å². The number of carbonyl (C=O) groups excluding carboxylic acids is 1. The van der Waals surface area contributed by atoms with Gasteiger partial charge in [0.15, 0.2) is 5.78 Å². The summed E-state index contributed by atoms with van der Waals surface area (Å²) in [6.07, 6.45) is -2.22. The van der Waals surface area contributed by atoms with Crippen LogP contribution in [0.25, 0.3) is 0 Å². The highest BCUT2D eigenvalue weighted by molar-refractivity contribution is 9.10. The van der Waals surface area contributed by atoms with Gasteiger partial charge in [0.2, 0.25) is 0 Å². The van der Waals surface area contributed by atoms with Crippen LogP contribution in [0.4, 0.5) is 8.78 Å². The number of ketones is 1. The molecule has 1 rings (SSSR count). The monoisotopic (exact) mass is 262 g/mol. The van der Waals surface area contributed by atoms with Gasteiger partial charge in [-0.1, -0.05) is 28.9 Å². The zero-order valence-corrected chi connectivity index (χ0v) is 9.14. The van der Waals surface area contributed by atoms with E-state index in [9.17, 15) is 13.6 Å². The second-order valence-corrected chi connectivity index (χ2v) is 3.67. The minimum Gasteiger partial charge on any atom is -0.294 e. The lowest BCUT2D eigenvalue weighted by molar-refractivity contribution is 0.0987. The summed E-state index contributed by atoms with van der Waals surface area (Å²) >= 11 is 3.16. The Hall–Kier alpha value is -0.770. The number of hydrogen-bond acceptors (Lipinski definition) is 1. The number of Topliss-reactive ketones (excluding diaryl/α,β-unsaturated/α-hetero) is 1. The largest absolute Gasteiger partial charge is 0.294 e. The van der Waals surface area contributed by atoms with Crippen molar-refractivity contribution in [3.63, 3.8) is 0 Å². The van der Waals surface area contributed by atoms with Gasteiger partial charge < -0.3 is 0 Å². The Kier molecular flexibility index (Phi) is 3.75. The van der Waals surface area contributed by atoms with Crippen molar-refractivity contribution >= 4 is 21.7 Å². The van der Waals surface area contributed by atoms with Crippen molar-refractivity contribution in [2.24, 2.45) is 0 Å². The van der Waals surface area contributed by atoms with E-state index in [2.05, 4.69) is 15.9 Å². The van der Waals surface area contributed by atoms with E-state index in [1.165, 1.54) is 18.2 Å². The highest BCUT2D eigenvalue weighted by atomic mass is 79.9. The Bertz CT molecular complexity index is 350. The number of halogens is 3. The van der Waals surface area contributed by atoms with E-state index >= 15 is 0 Å². The van der Waals surface area contributed by atoms with E-state index in [4.69, 9.17) is 0 Å². The fourth-order valence-corrected chi connectivity index (χ4v) is 1.55. The third-order valence-electron chi connectivity index (χ3n) is 1.86. The van der Waals surface area contributed by atoms with Crippen LogP contribution in [0, 0.1) is 0 Å². The molecule has 0 saturated heterocycles. The molecule has 0 atom stereocenters. The van der Waals surface area contributed by atoms with Crippen molar-refractivity contribution in [2.75, 3.05) is 0 Å². The first-order valence-electron chi connectivity index (χ1n) is 4.17. The predicted molar refractivity (Wildman–Crippen MR) is 53.7 cm³/mol. The molecule has 0 radical (unpaired) electrons. The number of hydrogen-bond donors (Lipinski definition) is 0. The molecule has 0 spiro atoms. The van der Waals surface area contributed by atoms with E-state index in [-0.39, 0.29) is 11.3 Å². The molecule has 0 bridgehead atoms. The first kappa shape index (κ1) is 11.3. The van der Waals surface area contributed by atoms with Gasteiger partial charge >= 0.3 is 0 Å². The van der Waals surface area contributed by atoms with Crippen LogP contribution in [0.5, 0.6) is 0 Å². The van der Waals surface area contributed by atoms with Crippen LogP contribution in [0.2, 0.25) is 0 Å². The minimum atomic E-state index is -2.54. The van der Waals surface area contributed by atoms with Crippen molar-refractivity contribution in [3.8, 4) is 0 Å². The van der Waals surface area contributed by atoms with Gasteiger partial charge in [0, 0.05) is 22.0 Å². The molecule has 0 saturated carbocycles. The Morgan fingerprint density at radius 1 is 1.50 bits per heavy atom. The maximum atomic E-state index is 12.3. The van der Waals surface area contributed by atoms with E-state index in [0.717, 1.165) is 0 Å². The summed E-state index contributed by atoms with van der Waals surface area (Å²) in [6, 6.07) is 4.02. The fourth-order valence-electron chi connectivity index (χ4n) is 1.08. The molecule has 0 heterocycles. The lowest BCUT2D eigenvalue weighted by atomic mass is 10.1. The third kappa shape index (κ3) is 2.38. The van der Waals surface area contributed by atoms with Crippen molar-refractivity contribution in [2.45, 2.75) is 19.8 Å². The smallest absolute Gasteiger partial charge is 0.263 e. The molecule has 0 unspecified atom stereocenters. The molecule has 1 nitrogen and oxygen atoms in total. The molecule has 0 amide bonds. The van der Waals surface area contributed by atoms with Crippen LogP contribution in [0.3, 0.4) is 0 Å². The van der Waals surface area contributed by atoms with Crippen molar-refractivity contribution in [3.05, 3.63) is 33.8 Å². The molecule has 0 aliphatic carbocycles. The van der Waals surface area contributed by atoms with Gasteiger partial charge in [-0.25, -0.2) is 8.78 Å². The quantitative estimate of drug-likeness (QED) is 0.754. The second kappa shape index (κ2) is 4.64. The highest BCUT2D eigenvalue weighted by Crippen LogP contribution is 2.25.